The van der Waals surface area contributed by atoms with Gasteiger partial charge in [-0.25, -0.2) is 0 Å². The number of aryl methyl sites for hydroxylation is 2. The van der Waals surface area contributed by atoms with Gasteiger partial charge in [0.05, 0.1) is 16.4 Å². The first kappa shape index (κ1) is 16.7. The lowest BCUT2D eigenvalue weighted by Crippen LogP contribution is -2.27. The van der Waals surface area contributed by atoms with E-state index in [-0.39, 0.29) is 6.04 Å². The van der Waals surface area contributed by atoms with Crippen molar-refractivity contribution < 1.29 is 0 Å². The van der Waals surface area contributed by atoms with Crippen LogP contribution in [0.5, 0.6) is 0 Å². The van der Waals surface area contributed by atoms with E-state index in [1.807, 2.05) is 35.9 Å². The maximum absolute atomic E-state index is 6.31. The van der Waals surface area contributed by atoms with E-state index in [1.54, 1.807) is 11.8 Å². The minimum Gasteiger partial charge on any atom is -0.327 e. The molecule has 0 saturated heterocycles. The van der Waals surface area contributed by atoms with Gasteiger partial charge in [-0.05, 0) is 32.0 Å². The molecule has 0 fully saturated rings. The molecule has 2 aromatic rings. The fourth-order valence-corrected chi connectivity index (χ4v) is 3.51. The third kappa shape index (κ3) is 4.39. The Bertz CT molecular complexity index is 613. The molecule has 2 rings (SSSR count). The van der Waals surface area contributed by atoms with Crippen molar-refractivity contribution in [2.75, 3.05) is 5.75 Å². The van der Waals surface area contributed by atoms with Gasteiger partial charge in [-0.2, -0.15) is 5.10 Å². The Morgan fingerprint density at radius 1 is 1.38 bits per heavy atom. The van der Waals surface area contributed by atoms with Gasteiger partial charge >= 0.3 is 0 Å². The zero-order chi connectivity index (χ0) is 15.4. The van der Waals surface area contributed by atoms with E-state index in [0.29, 0.717) is 0 Å². The molecule has 0 aliphatic heterocycles. The van der Waals surface area contributed by atoms with E-state index in [9.17, 15) is 0 Å². The predicted molar refractivity (Wildman–Crippen MR) is 91.5 cm³/mol. The van der Waals surface area contributed by atoms with Crippen molar-refractivity contribution in [3.63, 3.8) is 0 Å². The van der Waals surface area contributed by atoms with Crippen LogP contribution in [-0.4, -0.2) is 21.6 Å². The van der Waals surface area contributed by atoms with Crippen LogP contribution in [0.4, 0.5) is 0 Å². The average Bonchev–Trinajstić information content (AvgIpc) is 2.73. The largest absolute Gasteiger partial charge is 0.327 e. The SMILES string of the molecule is CCn1nc(C)c(Cl)c1CC(N)CSc1cccc(Cl)c1. The molecule has 3 nitrogen and oxygen atoms in total. The highest BCUT2D eigenvalue weighted by atomic mass is 35.5. The highest BCUT2D eigenvalue weighted by Crippen LogP contribution is 2.25. The average molecular weight is 344 g/mol. The van der Waals surface area contributed by atoms with Crippen LogP contribution in [0.2, 0.25) is 10.0 Å². The summed E-state index contributed by atoms with van der Waals surface area (Å²) in [6.07, 6.45) is 0.723. The second kappa shape index (κ2) is 7.54. The number of rotatable bonds is 6. The monoisotopic (exact) mass is 343 g/mol. The minimum atomic E-state index is 0.0212. The fourth-order valence-electron chi connectivity index (χ4n) is 2.13. The van der Waals surface area contributed by atoms with Crippen molar-refractivity contribution in [3.05, 3.63) is 45.7 Å². The van der Waals surface area contributed by atoms with Crippen LogP contribution >= 0.6 is 35.0 Å². The number of hydrogen-bond acceptors (Lipinski definition) is 3. The molecule has 0 aliphatic rings. The fraction of sp³-hybridized carbons (Fsp3) is 0.400. The first-order chi connectivity index (χ1) is 10.0. The molecule has 21 heavy (non-hydrogen) atoms. The zero-order valence-electron chi connectivity index (χ0n) is 12.1. The summed E-state index contributed by atoms with van der Waals surface area (Å²) in [5, 5.41) is 5.90. The van der Waals surface area contributed by atoms with Crippen LogP contribution in [0.3, 0.4) is 0 Å². The Morgan fingerprint density at radius 2 is 2.14 bits per heavy atom. The molecular formula is C15H19Cl2N3S. The van der Waals surface area contributed by atoms with E-state index in [0.717, 1.165) is 45.0 Å². The van der Waals surface area contributed by atoms with E-state index in [1.165, 1.54) is 0 Å². The third-order valence-electron chi connectivity index (χ3n) is 3.17. The molecule has 0 saturated carbocycles. The van der Waals surface area contributed by atoms with Crippen LogP contribution < -0.4 is 5.73 Å². The molecule has 114 valence electrons. The third-order valence-corrected chi connectivity index (χ3v) is 5.08. The molecule has 1 aromatic heterocycles. The molecule has 0 aliphatic carbocycles. The highest BCUT2D eigenvalue weighted by Gasteiger charge is 2.15. The minimum absolute atomic E-state index is 0.0212. The van der Waals surface area contributed by atoms with Gasteiger partial charge in [0.2, 0.25) is 0 Å². The smallest absolute Gasteiger partial charge is 0.0847 e. The van der Waals surface area contributed by atoms with Crippen LogP contribution in [0.25, 0.3) is 0 Å². The predicted octanol–water partition coefficient (Wildman–Crippen LogP) is 4.18. The lowest BCUT2D eigenvalue weighted by molar-refractivity contribution is 0.594. The summed E-state index contributed by atoms with van der Waals surface area (Å²) in [6.45, 7) is 4.78. The van der Waals surface area contributed by atoms with Gasteiger partial charge in [-0.15, -0.1) is 11.8 Å². The Kier molecular flexibility index (Phi) is 5.99. The summed E-state index contributed by atoms with van der Waals surface area (Å²) in [5.41, 5.74) is 8.13. The van der Waals surface area contributed by atoms with Gasteiger partial charge < -0.3 is 5.73 Å². The zero-order valence-corrected chi connectivity index (χ0v) is 14.5. The van der Waals surface area contributed by atoms with Gasteiger partial charge in [0, 0.05) is 34.7 Å². The van der Waals surface area contributed by atoms with Crippen LogP contribution in [-0.2, 0) is 13.0 Å². The topological polar surface area (TPSA) is 43.8 Å². The summed E-state index contributed by atoms with van der Waals surface area (Å²) in [4.78, 5) is 1.13. The van der Waals surface area contributed by atoms with Gasteiger partial charge in [-0.3, -0.25) is 4.68 Å². The molecule has 1 heterocycles. The van der Waals surface area contributed by atoms with E-state index in [4.69, 9.17) is 28.9 Å². The number of nitrogens with zero attached hydrogens (tertiary/aromatic N) is 2. The summed E-state index contributed by atoms with van der Waals surface area (Å²) in [7, 11) is 0. The Labute approximate surface area is 139 Å². The molecule has 1 unspecified atom stereocenters. The van der Waals surface area contributed by atoms with Crippen LogP contribution in [0.15, 0.2) is 29.2 Å². The van der Waals surface area contributed by atoms with Crippen molar-refractivity contribution in [2.45, 2.75) is 37.8 Å². The van der Waals surface area contributed by atoms with Crippen molar-refractivity contribution in [1.82, 2.24) is 9.78 Å². The first-order valence-corrected chi connectivity index (χ1v) is 8.61. The molecule has 0 spiro atoms. The molecule has 1 aromatic carbocycles. The molecule has 0 amide bonds. The number of nitrogens with two attached hydrogens (primary N) is 1. The maximum atomic E-state index is 6.31. The highest BCUT2D eigenvalue weighted by molar-refractivity contribution is 7.99. The molecule has 6 heteroatoms. The molecule has 1 atom stereocenters. The van der Waals surface area contributed by atoms with Gasteiger partial charge in [0.25, 0.3) is 0 Å². The summed E-state index contributed by atoms with van der Waals surface area (Å²) >= 11 is 14.0. The van der Waals surface area contributed by atoms with Crippen molar-refractivity contribution in [2.24, 2.45) is 5.73 Å². The van der Waals surface area contributed by atoms with E-state index in [2.05, 4.69) is 12.0 Å². The normalized spacial score (nSPS) is 12.6. The van der Waals surface area contributed by atoms with Crippen molar-refractivity contribution in [1.29, 1.82) is 0 Å². The summed E-state index contributed by atoms with van der Waals surface area (Å²) in [6, 6.07) is 7.83. The number of aromatic nitrogens is 2. The number of thioether (sulfide) groups is 1. The van der Waals surface area contributed by atoms with Gasteiger partial charge in [-0.1, -0.05) is 29.3 Å². The second-order valence-corrected chi connectivity index (χ2v) is 6.80. The number of halogens is 2. The van der Waals surface area contributed by atoms with E-state index < -0.39 is 0 Å². The Balaban J connectivity index is 1.97. The number of hydrogen-bond donors (Lipinski definition) is 1. The molecule has 0 radical (unpaired) electrons. The van der Waals surface area contributed by atoms with Crippen molar-refractivity contribution >= 4 is 35.0 Å². The van der Waals surface area contributed by atoms with Crippen LogP contribution in [0, 0.1) is 6.92 Å². The summed E-state index contributed by atoms with van der Waals surface area (Å²) < 4.78 is 1.93. The molecular weight excluding hydrogens is 325 g/mol. The van der Waals surface area contributed by atoms with Gasteiger partial charge in [0.1, 0.15) is 0 Å². The number of benzene rings is 1. The molecule has 2 N–H and O–H groups in total. The second-order valence-electron chi connectivity index (χ2n) is 4.89. The standard InChI is InChI=1S/C15H19Cl2N3S/c1-3-20-14(15(17)10(2)19-20)8-12(18)9-21-13-6-4-5-11(16)7-13/h4-7,12H,3,8-9,18H2,1-2H3. The van der Waals surface area contributed by atoms with E-state index >= 15 is 0 Å². The first-order valence-electron chi connectivity index (χ1n) is 6.87. The van der Waals surface area contributed by atoms with Crippen LogP contribution in [0.1, 0.15) is 18.3 Å². The van der Waals surface area contributed by atoms with Gasteiger partial charge in [0.15, 0.2) is 0 Å². The maximum Gasteiger partial charge on any atom is 0.0847 e. The Morgan fingerprint density at radius 3 is 2.81 bits per heavy atom. The lowest BCUT2D eigenvalue weighted by Gasteiger charge is -2.13. The Hall–Kier alpha value is -0.680. The molecule has 0 bridgehead atoms. The lowest BCUT2D eigenvalue weighted by atomic mass is 10.2. The summed E-state index contributed by atoms with van der Waals surface area (Å²) in [5.74, 6) is 0.810. The van der Waals surface area contributed by atoms with Crippen molar-refractivity contribution in [3.8, 4) is 0 Å². The quantitative estimate of drug-likeness (QED) is 0.800.